The van der Waals surface area contributed by atoms with Crippen LogP contribution in [0.4, 0.5) is 4.39 Å². The molecule has 0 aromatic heterocycles. The smallest absolute Gasteiger partial charge is 0.139 e. The molecule has 0 heterocycles. The lowest BCUT2D eigenvalue weighted by molar-refractivity contribution is -0.121. The lowest BCUT2D eigenvalue weighted by Crippen LogP contribution is -2.37. The van der Waals surface area contributed by atoms with Crippen LogP contribution in [-0.2, 0) is 11.2 Å². The second kappa shape index (κ2) is 5.59. The number of ketones is 1. The molecule has 0 saturated carbocycles. The molecule has 1 rings (SSSR count). The quantitative estimate of drug-likeness (QED) is 0.582. The maximum Gasteiger partial charge on any atom is 0.139 e. The molecule has 5 heteroatoms. The molecular weight excluding hydrogens is 252 g/mol. The molecule has 0 spiro atoms. The van der Waals surface area contributed by atoms with Crippen molar-refractivity contribution in [1.29, 1.82) is 0 Å². The molecule has 0 aliphatic carbocycles. The summed E-state index contributed by atoms with van der Waals surface area (Å²) < 4.78 is 13.9. The first-order chi connectivity index (χ1) is 7.77. The largest absolute Gasteiger partial charge is 0.299 e. The van der Waals surface area contributed by atoms with Crippen molar-refractivity contribution in [3.63, 3.8) is 0 Å². The normalized spacial score (nSPS) is 11.0. The zero-order chi connectivity index (χ0) is 13.3. The van der Waals surface area contributed by atoms with Crippen molar-refractivity contribution in [2.24, 2.45) is 5.92 Å². The van der Waals surface area contributed by atoms with E-state index in [1.807, 2.05) is 13.8 Å². The van der Waals surface area contributed by atoms with Crippen molar-refractivity contribution in [3.05, 3.63) is 16.9 Å². The molecule has 0 aliphatic heterocycles. The van der Waals surface area contributed by atoms with Crippen LogP contribution in [0.25, 0.3) is 0 Å². The molecule has 2 radical (unpaired) electrons. The first kappa shape index (κ1) is 14.8. The third-order valence-corrected chi connectivity index (χ3v) is 4.14. The Morgan fingerprint density at radius 2 is 1.88 bits per heavy atom. The Bertz CT molecular complexity index is 443. The van der Waals surface area contributed by atoms with E-state index in [0.29, 0.717) is 21.9 Å². The highest BCUT2D eigenvalue weighted by Crippen LogP contribution is 2.14. The van der Waals surface area contributed by atoms with E-state index in [4.69, 9.17) is 7.85 Å². The predicted octanol–water partition coefficient (Wildman–Crippen LogP) is 0.696. The van der Waals surface area contributed by atoms with Gasteiger partial charge in [0.15, 0.2) is 0 Å². The number of halogens is 1. The Balaban J connectivity index is 3.30. The second-order valence-corrected chi connectivity index (χ2v) is 5.61. The number of Topliss-reactive ketones (excluding diaryl/α,β-unsaturated/α-hetero) is 1. The zero-order valence-corrected chi connectivity index (χ0v) is 12.6. The molecule has 0 fully saturated rings. The van der Waals surface area contributed by atoms with Crippen molar-refractivity contribution in [2.75, 3.05) is 0 Å². The maximum atomic E-state index is 13.9. The Labute approximate surface area is 108 Å². The van der Waals surface area contributed by atoms with Crippen LogP contribution in [0.15, 0.2) is 0 Å². The molecule has 1 aromatic rings. The average molecular weight is 268 g/mol. The highest BCUT2D eigenvalue weighted by Gasteiger charge is 2.18. The van der Waals surface area contributed by atoms with Gasteiger partial charge < -0.3 is 0 Å². The van der Waals surface area contributed by atoms with Gasteiger partial charge in [0, 0.05) is 12.3 Å². The summed E-state index contributed by atoms with van der Waals surface area (Å²) in [5.41, 5.74) is 1.58. The summed E-state index contributed by atoms with van der Waals surface area (Å²) in [4.78, 5) is 11.7. The van der Waals surface area contributed by atoms with Crippen molar-refractivity contribution in [1.82, 2.24) is 0 Å². The monoisotopic (exact) mass is 268 g/mol. The molecule has 0 saturated heterocycles. The molecule has 2 atom stereocenters. The molecule has 0 amide bonds. The van der Waals surface area contributed by atoms with Crippen LogP contribution >= 0.6 is 18.5 Å². The first-order valence-corrected chi connectivity index (χ1v) is 6.56. The summed E-state index contributed by atoms with van der Waals surface area (Å²) in [7, 11) is 10.6. The van der Waals surface area contributed by atoms with Crippen molar-refractivity contribution < 1.29 is 9.18 Å². The number of benzene rings is 1. The molecule has 0 bridgehead atoms. The minimum Gasteiger partial charge on any atom is -0.299 e. The molecule has 0 aliphatic rings. The lowest BCUT2D eigenvalue weighted by Gasteiger charge is -2.16. The first-order valence-electron chi connectivity index (χ1n) is 5.41. The fourth-order valence-corrected chi connectivity index (χ4v) is 2.58. The van der Waals surface area contributed by atoms with E-state index in [2.05, 4.69) is 18.5 Å². The summed E-state index contributed by atoms with van der Waals surface area (Å²) in [6.07, 6.45) is 0.231. The molecule has 2 unspecified atom stereocenters. The topological polar surface area (TPSA) is 17.1 Å². The second-order valence-electron chi connectivity index (χ2n) is 4.46. The Morgan fingerprint density at radius 1 is 1.35 bits per heavy atom. The third kappa shape index (κ3) is 2.95. The Morgan fingerprint density at radius 3 is 2.35 bits per heavy atom. The minimum absolute atomic E-state index is 0.0567. The van der Waals surface area contributed by atoms with Crippen LogP contribution in [0.1, 0.15) is 25.0 Å². The summed E-state index contributed by atoms with van der Waals surface area (Å²) >= 11 is 0. The maximum absolute atomic E-state index is 13.9. The molecule has 1 aromatic carbocycles. The highest BCUT2D eigenvalue weighted by atomic mass is 31.0. The van der Waals surface area contributed by atoms with Gasteiger partial charge in [0.05, 0.1) is 0 Å². The van der Waals surface area contributed by atoms with Gasteiger partial charge in [0.25, 0.3) is 0 Å². The van der Waals surface area contributed by atoms with Gasteiger partial charge in [0.2, 0.25) is 0 Å². The van der Waals surface area contributed by atoms with E-state index in [9.17, 15) is 9.18 Å². The summed E-state index contributed by atoms with van der Waals surface area (Å²) in [5.74, 6) is -0.309. The standard InChI is InChI=1S/C12H16BFOP2/c1-5(2)8(15)4-7-6(3)10(14)12(17)9(13)11(7)16/h5H,4,16-17H2,1-3H3. The van der Waals surface area contributed by atoms with Gasteiger partial charge in [-0.25, -0.2) is 4.39 Å². The van der Waals surface area contributed by atoms with Gasteiger partial charge in [-0.05, 0) is 28.7 Å². The fourth-order valence-electron chi connectivity index (χ4n) is 1.57. The van der Waals surface area contributed by atoms with Crippen LogP contribution < -0.4 is 16.1 Å². The van der Waals surface area contributed by atoms with E-state index >= 15 is 0 Å². The van der Waals surface area contributed by atoms with Crippen molar-refractivity contribution in [3.8, 4) is 0 Å². The van der Waals surface area contributed by atoms with Crippen LogP contribution in [0.2, 0.25) is 0 Å². The average Bonchev–Trinajstić information content (AvgIpc) is 2.29. The number of hydrogen-bond donors (Lipinski definition) is 0. The van der Waals surface area contributed by atoms with Crippen LogP contribution in [0, 0.1) is 18.7 Å². The van der Waals surface area contributed by atoms with Gasteiger partial charge in [-0.15, -0.1) is 18.5 Å². The van der Waals surface area contributed by atoms with Crippen LogP contribution in [-0.4, -0.2) is 13.6 Å². The van der Waals surface area contributed by atoms with E-state index in [0.717, 1.165) is 5.30 Å². The highest BCUT2D eigenvalue weighted by molar-refractivity contribution is 7.31. The summed E-state index contributed by atoms with van der Waals surface area (Å²) in [6, 6.07) is 0. The van der Waals surface area contributed by atoms with Crippen molar-refractivity contribution >= 4 is 48.2 Å². The van der Waals surface area contributed by atoms with Crippen LogP contribution in [0.5, 0.6) is 0 Å². The fraction of sp³-hybridized carbons (Fsp3) is 0.417. The molecule has 0 N–H and O–H groups in total. The molecule has 90 valence electrons. The van der Waals surface area contributed by atoms with E-state index in [1.54, 1.807) is 6.92 Å². The van der Waals surface area contributed by atoms with Gasteiger partial charge in [-0.2, -0.15) is 0 Å². The van der Waals surface area contributed by atoms with Crippen LogP contribution in [0.3, 0.4) is 0 Å². The summed E-state index contributed by atoms with van der Waals surface area (Å²) in [6.45, 7) is 5.35. The predicted molar refractivity (Wildman–Crippen MR) is 78.8 cm³/mol. The lowest BCUT2D eigenvalue weighted by atomic mass is 9.88. The Kier molecular flexibility index (Phi) is 4.87. The number of rotatable bonds is 3. The van der Waals surface area contributed by atoms with E-state index in [-0.39, 0.29) is 23.9 Å². The van der Waals surface area contributed by atoms with Gasteiger partial charge in [-0.3, -0.25) is 4.79 Å². The minimum atomic E-state index is -0.342. The molecule has 17 heavy (non-hydrogen) atoms. The number of carbonyl (C=O) groups excluding carboxylic acids is 1. The third-order valence-electron chi connectivity index (χ3n) is 2.92. The van der Waals surface area contributed by atoms with Crippen molar-refractivity contribution in [2.45, 2.75) is 27.2 Å². The van der Waals surface area contributed by atoms with Gasteiger partial charge in [0.1, 0.15) is 19.4 Å². The van der Waals surface area contributed by atoms with Gasteiger partial charge >= 0.3 is 0 Å². The SMILES string of the molecule is [B]c1c(P)c(F)c(C)c(CC(=O)C(C)C)c1P. The molecule has 1 nitrogen and oxygen atoms in total. The zero-order valence-electron chi connectivity index (χ0n) is 10.3. The molecular formula is C12H16BFOP2. The van der Waals surface area contributed by atoms with E-state index in [1.165, 1.54) is 0 Å². The summed E-state index contributed by atoms with van der Waals surface area (Å²) in [5, 5.41) is 1.09. The number of carbonyl (C=O) groups is 1. The number of hydrogen-bond acceptors (Lipinski definition) is 1. The van der Waals surface area contributed by atoms with E-state index < -0.39 is 0 Å². The Hall–Kier alpha value is -0.255. The van der Waals surface area contributed by atoms with Gasteiger partial charge in [-0.1, -0.05) is 19.3 Å².